The van der Waals surface area contributed by atoms with Crippen LogP contribution < -0.4 is 0 Å². The lowest BCUT2D eigenvalue weighted by Gasteiger charge is -2.20. The van der Waals surface area contributed by atoms with Crippen molar-refractivity contribution >= 4 is 23.2 Å². The normalized spacial score (nSPS) is 12.9. The van der Waals surface area contributed by atoms with Gasteiger partial charge in [-0.25, -0.2) is 4.39 Å². The molecular weight excluding hydrogens is 317 g/mol. The summed E-state index contributed by atoms with van der Waals surface area (Å²) in [6.07, 6.45) is 3.09. The molecule has 4 nitrogen and oxygen atoms in total. The third-order valence-corrected chi connectivity index (χ3v) is 5.08. The molecule has 0 fully saturated rings. The lowest BCUT2D eigenvalue weighted by Crippen LogP contribution is -2.34. The summed E-state index contributed by atoms with van der Waals surface area (Å²) in [4.78, 5) is 26.8. The fourth-order valence-corrected chi connectivity index (χ4v) is 3.98. The Kier molecular flexibility index (Phi) is 4.43. The first-order valence-electron chi connectivity index (χ1n) is 7.40. The summed E-state index contributed by atoms with van der Waals surface area (Å²) in [5, 5.41) is 9.07. The minimum absolute atomic E-state index is 0.147. The second-order valence-electron chi connectivity index (χ2n) is 5.59. The van der Waals surface area contributed by atoms with Gasteiger partial charge in [0.1, 0.15) is 12.4 Å². The third kappa shape index (κ3) is 3.59. The number of aryl methyl sites for hydroxylation is 2. The standard InChI is InChI=1S/C17H16FNO3S/c18-13-6-4-11(5-7-13)9-19(10-16(20)21)17(22)15-8-12-2-1-3-14(12)23-15/h4-8H,1-3,9-10H2,(H,20,21). The summed E-state index contributed by atoms with van der Waals surface area (Å²) in [6.45, 7) is -0.229. The van der Waals surface area contributed by atoms with Crippen LogP contribution in [0, 0.1) is 5.82 Å². The zero-order valence-corrected chi connectivity index (χ0v) is 13.2. The van der Waals surface area contributed by atoms with Crippen LogP contribution in [0.3, 0.4) is 0 Å². The summed E-state index contributed by atoms with van der Waals surface area (Å²) in [6, 6.07) is 7.61. The zero-order chi connectivity index (χ0) is 16.4. The predicted molar refractivity (Wildman–Crippen MR) is 85.1 cm³/mol. The van der Waals surface area contributed by atoms with E-state index in [1.165, 1.54) is 38.8 Å². The maximum Gasteiger partial charge on any atom is 0.323 e. The van der Waals surface area contributed by atoms with Crippen LogP contribution in [-0.4, -0.2) is 28.4 Å². The summed E-state index contributed by atoms with van der Waals surface area (Å²) in [5.41, 5.74) is 1.90. The molecule has 0 aliphatic heterocycles. The van der Waals surface area contributed by atoms with Crippen LogP contribution in [0.15, 0.2) is 30.3 Å². The summed E-state index contributed by atoms with van der Waals surface area (Å²) in [7, 11) is 0. The molecule has 0 saturated carbocycles. The Hall–Kier alpha value is -2.21. The van der Waals surface area contributed by atoms with E-state index >= 15 is 0 Å². The van der Waals surface area contributed by atoms with E-state index in [0.29, 0.717) is 10.4 Å². The summed E-state index contributed by atoms with van der Waals surface area (Å²) >= 11 is 1.45. The number of hydrogen-bond donors (Lipinski definition) is 1. The first-order valence-corrected chi connectivity index (χ1v) is 8.21. The number of fused-ring (bicyclic) bond motifs is 1. The third-order valence-electron chi connectivity index (χ3n) is 3.86. The first kappa shape index (κ1) is 15.7. The number of thiophene rings is 1. The fraction of sp³-hybridized carbons (Fsp3) is 0.294. The first-order chi connectivity index (χ1) is 11.0. The summed E-state index contributed by atoms with van der Waals surface area (Å²) in [5.74, 6) is -1.71. The predicted octanol–water partition coefficient (Wildman–Crippen LogP) is 3.10. The Morgan fingerprint density at radius 3 is 2.61 bits per heavy atom. The highest BCUT2D eigenvalue weighted by Crippen LogP contribution is 2.31. The maximum atomic E-state index is 13.0. The molecule has 1 aromatic carbocycles. The highest BCUT2D eigenvalue weighted by molar-refractivity contribution is 7.14. The highest BCUT2D eigenvalue weighted by atomic mass is 32.1. The van der Waals surface area contributed by atoms with Gasteiger partial charge >= 0.3 is 5.97 Å². The van der Waals surface area contributed by atoms with Crippen LogP contribution >= 0.6 is 11.3 Å². The molecule has 0 unspecified atom stereocenters. The molecule has 0 spiro atoms. The van der Waals surface area contributed by atoms with E-state index in [1.807, 2.05) is 6.07 Å². The minimum Gasteiger partial charge on any atom is -0.480 e. The molecule has 0 radical (unpaired) electrons. The van der Waals surface area contributed by atoms with Crippen molar-refractivity contribution < 1.29 is 19.1 Å². The number of amides is 1. The molecule has 120 valence electrons. The molecule has 3 rings (SSSR count). The number of carboxylic acid groups (broad SMARTS) is 1. The Labute approximate surface area is 137 Å². The average molecular weight is 333 g/mol. The molecule has 0 saturated heterocycles. The van der Waals surface area contributed by atoms with Gasteiger partial charge in [-0.3, -0.25) is 9.59 Å². The van der Waals surface area contributed by atoms with E-state index in [-0.39, 0.29) is 24.8 Å². The van der Waals surface area contributed by atoms with Gasteiger partial charge in [-0.15, -0.1) is 11.3 Å². The van der Waals surface area contributed by atoms with Gasteiger partial charge in [0, 0.05) is 11.4 Å². The van der Waals surface area contributed by atoms with Crippen LogP contribution in [0.25, 0.3) is 0 Å². The molecule has 1 aliphatic rings. The van der Waals surface area contributed by atoms with Gasteiger partial charge in [0.15, 0.2) is 0 Å². The number of carbonyl (C=O) groups is 2. The molecule has 1 N–H and O–H groups in total. The van der Waals surface area contributed by atoms with Gasteiger partial charge in [0.2, 0.25) is 0 Å². The van der Waals surface area contributed by atoms with Crippen molar-refractivity contribution in [3.63, 3.8) is 0 Å². The van der Waals surface area contributed by atoms with E-state index < -0.39 is 5.97 Å². The number of carbonyl (C=O) groups excluding carboxylic acids is 1. The highest BCUT2D eigenvalue weighted by Gasteiger charge is 2.24. The van der Waals surface area contributed by atoms with Crippen LogP contribution in [-0.2, 0) is 24.2 Å². The molecule has 1 aliphatic carbocycles. The number of rotatable bonds is 5. The number of hydrogen-bond acceptors (Lipinski definition) is 3. The minimum atomic E-state index is -1.07. The van der Waals surface area contributed by atoms with Crippen LogP contribution in [0.2, 0.25) is 0 Å². The van der Waals surface area contributed by atoms with Crippen LogP contribution in [0.4, 0.5) is 4.39 Å². The van der Waals surface area contributed by atoms with Crippen molar-refractivity contribution in [1.29, 1.82) is 0 Å². The Bertz CT molecular complexity index is 717. The monoisotopic (exact) mass is 333 g/mol. The largest absolute Gasteiger partial charge is 0.480 e. The Morgan fingerprint density at radius 1 is 1.22 bits per heavy atom. The number of benzene rings is 1. The Morgan fingerprint density at radius 2 is 1.96 bits per heavy atom. The Balaban J connectivity index is 1.80. The SMILES string of the molecule is O=C(O)CN(Cc1ccc(F)cc1)C(=O)c1cc2c(s1)CCC2. The number of halogens is 1. The lowest BCUT2D eigenvalue weighted by atomic mass is 10.2. The van der Waals surface area contributed by atoms with Gasteiger partial charge in [-0.2, -0.15) is 0 Å². The molecular formula is C17H16FNO3S. The van der Waals surface area contributed by atoms with E-state index in [4.69, 9.17) is 5.11 Å². The number of carboxylic acids is 1. The van der Waals surface area contributed by atoms with Crippen molar-refractivity contribution in [1.82, 2.24) is 4.90 Å². The van der Waals surface area contributed by atoms with Gasteiger partial charge < -0.3 is 10.0 Å². The molecule has 2 aromatic rings. The van der Waals surface area contributed by atoms with Gasteiger partial charge in [0.05, 0.1) is 4.88 Å². The van der Waals surface area contributed by atoms with Crippen molar-refractivity contribution in [3.8, 4) is 0 Å². The van der Waals surface area contributed by atoms with Crippen LogP contribution in [0.1, 0.15) is 32.1 Å². The van der Waals surface area contributed by atoms with Crippen LogP contribution in [0.5, 0.6) is 0 Å². The zero-order valence-electron chi connectivity index (χ0n) is 12.4. The molecule has 1 aromatic heterocycles. The molecule has 23 heavy (non-hydrogen) atoms. The van der Waals surface area contributed by atoms with E-state index in [2.05, 4.69) is 0 Å². The van der Waals surface area contributed by atoms with Crippen molar-refractivity contribution in [2.45, 2.75) is 25.8 Å². The van der Waals surface area contributed by atoms with Gasteiger partial charge in [0.25, 0.3) is 5.91 Å². The molecule has 6 heteroatoms. The molecule has 0 bridgehead atoms. The number of nitrogens with zero attached hydrogens (tertiary/aromatic N) is 1. The molecule has 1 heterocycles. The fourth-order valence-electron chi connectivity index (χ4n) is 2.76. The van der Waals surface area contributed by atoms with Crippen molar-refractivity contribution in [3.05, 3.63) is 57.0 Å². The second kappa shape index (κ2) is 6.50. The number of aliphatic carboxylic acids is 1. The van der Waals surface area contributed by atoms with E-state index in [1.54, 1.807) is 12.1 Å². The average Bonchev–Trinajstić information content (AvgIpc) is 3.09. The van der Waals surface area contributed by atoms with Gasteiger partial charge in [-0.05, 0) is 48.6 Å². The summed E-state index contributed by atoms with van der Waals surface area (Å²) < 4.78 is 13.0. The lowest BCUT2D eigenvalue weighted by molar-refractivity contribution is -0.137. The second-order valence-corrected chi connectivity index (χ2v) is 6.73. The van der Waals surface area contributed by atoms with Crippen molar-refractivity contribution in [2.75, 3.05) is 6.54 Å². The van der Waals surface area contributed by atoms with E-state index in [0.717, 1.165) is 19.3 Å². The smallest absolute Gasteiger partial charge is 0.323 e. The quantitative estimate of drug-likeness (QED) is 0.915. The molecule has 0 atom stereocenters. The van der Waals surface area contributed by atoms with Gasteiger partial charge in [-0.1, -0.05) is 12.1 Å². The van der Waals surface area contributed by atoms with E-state index in [9.17, 15) is 14.0 Å². The maximum absolute atomic E-state index is 13.0. The van der Waals surface area contributed by atoms with Crippen molar-refractivity contribution in [2.24, 2.45) is 0 Å². The topological polar surface area (TPSA) is 57.6 Å². The molecule has 1 amide bonds.